The zero-order chi connectivity index (χ0) is 17.0. The average Bonchev–Trinajstić information content (AvgIpc) is 2.60. The van der Waals surface area contributed by atoms with Gasteiger partial charge in [0.25, 0.3) is 0 Å². The number of halogens is 2. The third-order valence-corrected chi connectivity index (χ3v) is 6.30. The average molecular weight is 468 g/mol. The minimum atomic E-state index is -3.63. The van der Waals surface area contributed by atoms with Gasteiger partial charge >= 0.3 is 7.60 Å². The van der Waals surface area contributed by atoms with E-state index in [1.165, 1.54) is 0 Å². The summed E-state index contributed by atoms with van der Waals surface area (Å²) in [6, 6.07) is 23.4. The Balaban J connectivity index is 2.03. The summed E-state index contributed by atoms with van der Waals surface area (Å²) in [5.41, 5.74) is 0. The Morgan fingerprint density at radius 2 is 1.04 bits per heavy atom. The maximum absolute atomic E-state index is 13.6. The quantitative estimate of drug-likeness (QED) is 0.420. The summed E-state index contributed by atoms with van der Waals surface area (Å²) in [5, 5.41) is 0.483. The normalized spacial score (nSPS) is 11.1. The zero-order valence-electron chi connectivity index (χ0n) is 12.4. The lowest BCUT2D eigenvalue weighted by Gasteiger charge is -2.21. The molecule has 0 N–H and O–H groups in total. The highest BCUT2D eigenvalue weighted by Gasteiger charge is 2.32. The molecule has 122 valence electrons. The van der Waals surface area contributed by atoms with Crippen LogP contribution in [0.3, 0.4) is 0 Å². The van der Waals surface area contributed by atoms with Crippen LogP contribution in [0.5, 0.6) is 11.5 Å². The van der Waals surface area contributed by atoms with Crippen LogP contribution in [-0.4, -0.2) is 0 Å². The topological polar surface area (TPSA) is 35.5 Å². The molecule has 0 aliphatic carbocycles. The van der Waals surface area contributed by atoms with Gasteiger partial charge in [-0.05, 0) is 68.3 Å². The number of benzene rings is 3. The number of hydrogen-bond donors (Lipinski definition) is 0. The van der Waals surface area contributed by atoms with Gasteiger partial charge in [0.1, 0.15) is 11.5 Å². The van der Waals surface area contributed by atoms with E-state index in [0.29, 0.717) is 25.7 Å². The monoisotopic (exact) mass is 466 g/mol. The molecule has 0 atom stereocenters. The molecule has 0 amide bonds. The summed E-state index contributed by atoms with van der Waals surface area (Å²) >= 11 is 6.82. The third kappa shape index (κ3) is 3.92. The molecule has 0 spiro atoms. The molecule has 0 radical (unpaired) electrons. The molecule has 0 fully saturated rings. The SMILES string of the molecule is O=P(Oc1ccccc1Br)(Oc1ccccc1Br)c1ccccc1. The van der Waals surface area contributed by atoms with E-state index >= 15 is 0 Å². The molecule has 0 unspecified atom stereocenters. The van der Waals surface area contributed by atoms with E-state index in [4.69, 9.17) is 9.05 Å². The van der Waals surface area contributed by atoms with Crippen LogP contribution >= 0.6 is 39.5 Å². The van der Waals surface area contributed by atoms with Crippen molar-refractivity contribution in [3.63, 3.8) is 0 Å². The van der Waals surface area contributed by atoms with Crippen molar-refractivity contribution in [3.8, 4) is 11.5 Å². The highest BCUT2D eigenvalue weighted by Crippen LogP contribution is 2.50. The van der Waals surface area contributed by atoms with Crippen molar-refractivity contribution in [1.82, 2.24) is 0 Å². The molecule has 6 heteroatoms. The van der Waals surface area contributed by atoms with Crippen molar-refractivity contribution in [3.05, 3.63) is 87.8 Å². The number of para-hydroxylation sites is 2. The Hall–Kier alpha value is -1.55. The van der Waals surface area contributed by atoms with Gasteiger partial charge in [-0.3, -0.25) is 0 Å². The maximum atomic E-state index is 13.6. The van der Waals surface area contributed by atoms with Gasteiger partial charge in [0.05, 0.1) is 14.2 Å². The Labute approximate surface area is 157 Å². The first-order valence-electron chi connectivity index (χ1n) is 7.12. The second-order valence-electron chi connectivity index (χ2n) is 4.88. The molecule has 0 aromatic heterocycles. The Bertz CT molecular complexity index is 833. The van der Waals surface area contributed by atoms with Gasteiger partial charge in [0, 0.05) is 0 Å². The van der Waals surface area contributed by atoms with Crippen LogP contribution < -0.4 is 14.4 Å². The van der Waals surface area contributed by atoms with E-state index in [0.717, 1.165) is 0 Å². The van der Waals surface area contributed by atoms with Crippen LogP contribution in [0.2, 0.25) is 0 Å². The Morgan fingerprint density at radius 3 is 1.50 bits per heavy atom. The number of rotatable bonds is 5. The summed E-state index contributed by atoms with van der Waals surface area (Å²) in [6.45, 7) is 0. The minimum absolute atomic E-state index is 0.455. The van der Waals surface area contributed by atoms with Crippen molar-refractivity contribution in [2.75, 3.05) is 0 Å². The van der Waals surface area contributed by atoms with Gasteiger partial charge < -0.3 is 9.05 Å². The first-order chi connectivity index (χ1) is 11.6. The zero-order valence-corrected chi connectivity index (χ0v) is 16.5. The Morgan fingerprint density at radius 1 is 0.625 bits per heavy atom. The molecule has 24 heavy (non-hydrogen) atoms. The molecule has 0 heterocycles. The predicted octanol–water partition coefficient (Wildman–Crippen LogP) is 6.19. The smallest absolute Gasteiger partial charge is 0.412 e. The Kier molecular flexibility index (Phi) is 5.44. The van der Waals surface area contributed by atoms with Crippen molar-refractivity contribution in [2.24, 2.45) is 0 Å². The second kappa shape index (κ2) is 7.56. The highest BCUT2D eigenvalue weighted by atomic mass is 79.9. The largest absolute Gasteiger partial charge is 0.462 e. The van der Waals surface area contributed by atoms with Gasteiger partial charge in [-0.2, -0.15) is 0 Å². The summed E-state index contributed by atoms with van der Waals surface area (Å²) in [5.74, 6) is 0.911. The molecule has 0 saturated heterocycles. The first kappa shape index (κ1) is 17.3. The summed E-state index contributed by atoms with van der Waals surface area (Å²) < 4.78 is 26.7. The third-order valence-electron chi connectivity index (χ3n) is 3.18. The van der Waals surface area contributed by atoms with E-state index in [1.807, 2.05) is 42.5 Å². The van der Waals surface area contributed by atoms with E-state index in [1.54, 1.807) is 36.4 Å². The van der Waals surface area contributed by atoms with Gasteiger partial charge in [0.2, 0.25) is 0 Å². The fourth-order valence-electron chi connectivity index (χ4n) is 2.03. The fourth-order valence-corrected chi connectivity index (χ4v) is 4.63. The van der Waals surface area contributed by atoms with Crippen LogP contribution in [0, 0.1) is 0 Å². The van der Waals surface area contributed by atoms with Gasteiger partial charge in [-0.15, -0.1) is 0 Å². The van der Waals surface area contributed by atoms with Crippen molar-refractivity contribution >= 4 is 44.8 Å². The van der Waals surface area contributed by atoms with E-state index in [2.05, 4.69) is 31.9 Å². The van der Waals surface area contributed by atoms with Crippen LogP contribution in [0.4, 0.5) is 0 Å². The molecule has 0 aliphatic rings. The summed E-state index contributed by atoms with van der Waals surface area (Å²) in [7, 11) is -3.63. The molecule has 3 aromatic carbocycles. The molecule has 3 aromatic rings. The fraction of sp³-hybridized carbons (Fsp3) is 0. The molecular formula is C18H13Br2O3P. The van der Waals surface area contributed by atoms with E-state index in [9.17, 15) is 4.57 Å². The van der Waals surface area contributed by atoms with Crippen LogP contribution in [0.15, 0.2) is 87.8 Å². The first-order valence-corrected chi connectivity index (χ1v) is 10.3. The van der Waals surface area contributed by atoms with E-state index in [-0.39, 0.29) is 0 Å². The molecule has 0 aliphatic heterocycles. The van der Waals surface area contributed by atoms with Gasteiger partial charge in [-0.25, -0.2) is 4.57 Å². The summed E-state index contributed by atoms with van der Waals surface area (Å²) in [6.07, 6.45) is 0. The second-order valence-corrected chi connectivity index (χ2v) is 8.46. The molecular weight excluding hydrogens is 455 g/mol. The molecule has 3 nitrogen and oxygen atoms in total. The van der Waals surface area contributed by atoms with Gasteiger partial charge in [0.15, 0.2) is 0 Å². The lowest BCUT2D eigenvalue weighted by molar-refractivity contribution is 0.397. The van der Waals surface area contributed by atoms with Crippen LogP contribution in [-0.2, 0) is 4.57 Å². The molecule has 3 rings (SSSR count). The number of hydrogen-bond acceptors (Lipinski definition) is 3. The summed E-state index contributed by atoms with van der Waals surface area (Å²) in [4.78, 5) is 0. The standard InChI is InChI=1S/C18H13Br2O3P/c19-15-10-4-6-12-17(15)22-24(21,14-8-2-1-3-9-14)23-18-13-7-5-11-16(18)20/h1-13H. The minimum Gasteiger partial charge on any atom is -0.412 e. The predicted molar refractivity (Wildman–Crippen MR) is 103 cm³/mol. The van der Waals surface area contributed by atoms with Crippen molar-refractivity contribution in [1.29, 1.82) is 0 Å². The van der Waals surface area contributed by atoms with Crippen LogP contribution in [0.1, 0.15) is 0 Å². The highest BCUT2D eigenvalue weighted by molar-refractivity contribution is 9.10. The van der Waals surface area contributed by atoms with Crippen LogP contribution in [0.25, 0.3) is 0 Å². The maximum Gasteiger partial charge on any atom is 0.462 e. The van der Waals surface area contributed by atoms with Crippen molar-refractivity contribution < 1.29 is 13.6 Å². The lowest BCUT2D eigenvalue weighted by atomic mass is 10.3. The molecule has 0 bridgehead atoms. The lowest BCUT2D eigenvalue weighted by Crippen LogP contribution is -2.14. The van der Waals surface area contributed by atoms with Gasteiger partial charge in [-0.1, -0.05) is 42.5 Å². The molecule has 0 saturated carbocycles. The van der Waals surface area contributed by atoms with E-state index < -0.39 is 7.60 Å². The van der Waals surface area contributed by atoms with Crippen molar-refractivity contribution in [2.45, 2.75) is 0 Å².